The van der Waals surface area contributed by atoms with Crippen molar-refractivity contribution in [2.45, 2.75) is 193 Å². The highest BCUT2D eigenvalue weighted by Gasteiger charge is 2.54. The second-order valence-corrected chi connectivity index (χ2v) is 54.5. The van der Waals surface area contributed by atoms with Gasteiger partial charge in [0.25, 0.3) is 0 Å². The van der Waals surface area contributed by atoms with Crippen LogP contribution in [0.3, 0.4) is 0 Å². The van der Waals surface area contributed by atoms with Gasteiger partial charge in [-0.05, 0) is 150 Å². The van der Waals surface area contributed by atoms with Crippen LogP contribution >= 0.6 is 0 Å². The fourth-order valence-electron chi connectivity index (χ4n) is 6.48. The van der Waals surface area contributed by atoms with Crippen LogP contribution in [0.2, 0.25) is 142 Å². The van der Waals surface area contributed by atoms with Gasteiger partial charge in [-0.2, -0.15) is 0 Å². The summed E-state index contributed by atoms with van der Waals surface area (Å²) < 4.78 is 35.0. The molecule has 0 saturated carbocycles. The van der Waals surface area contributed by atoms with Gasteiger partial charge in [-0.15, -0.1) is 0 Å². The Morgan fingerprint density at radius 2 is 0.791 bits per heavy atom. The van der Waals surface area contributed by atoms with Crippen LogP contribution in [0, 0.1) is 0 Å². The third kappa shape index (κ3) is 15.5. The highest BCUT2D eigenvalue weighted by Crippen LogP contribution is 2.42. The Morgan fingerprint density at radius 1 is 0.419 bits per heavy atom. The van der Waals surface area contributed by atoms with Crippen LogP contribution in [-0.4, -0.2) is 77.0 Å². The van der Waals surface area contributed by atoms with Crippen molar-refractivity contribution < 1.29 is 21.2 Å². The van der Waals surface area contributed by atoms with E-state index in [4.69, 9.17) is 21.2 Å². The van der Waals surface area contributed by atoms with Gasteiger partial charge < -0.3 is 21.2 Å². The standard InChI is InChI=1S/C30H78O5Si8/c1-23-29(3,38(11,12)25-26-40(15,16)33-36(5,6)7)32-42(19,20)30(4,24-2)31-39(13,14)27-28-41(17,18)35-43(21,22)34-37(8,9)10/h23-28H2,1-22H3. The van der Waals surface area contributed by atoms with E-state index in [1.807, 2.05) is 0 Å². The van der Waals surface area contributed by atoms with Crippen molar-refractivity contribution in [3.8, 4) is 0 Å². The van der Waals surface area contributed by atoms with Crippen molar-refractivity contribution in [3.63, 3.8) is 0 Å². The Hall–Kier alpha value is 1.54. The zero-order valence-electron chi connectivity index (χ0n) is 33.3. The number of hydrogen-bond acceptors (Lipinski definition) is 5. The lowest BCUT2D eigenvalue weighted by Gasteiger charge is -2.53. The number of rotatable bonds is 20. The Morgan fingerprint density at radius 3 is 1.19 bits per heavy atom. The summed E-state index contributed by atoms with van der Waals surface area (Å²) in [7, 11) is -15.0. The molecule has 5 nitrogen and oxygen atoms in total. The van der Waals surface area contributed by atoms with Crippen molar-refractivity contribution >= 4 is 66.5 Å². The SMILES string of the molecule is CCC(C)(O[Si](C)(C)C(C)(CC)O[Si](C)(C)CC[Si](C)(C)O[Si](C)(C)O[Si](C)(C)C)[Si](C)(C)CC[Si](C)(C)O[Si](C)(C)C. The Balaban J connectivity index is 5.82. The van der Waals surface area contributed by atoms with Crippen molar-refractivity contribution in [3.05, 3.63) is 0 Å². The third-order valence-electron chi connectivity index (χ3n) is 9.37. The van der Waals surface area contributed by atoms with Gasteiger partial charge in [0.05, 0.1) is 13.3 Å². The largest absolute Gasteiger partial charge is 0.456 e. The fraction of sp³-hybridized carbons (Fsp3) is 1.00. The molecule has 0 aromatic carbocycles. The first-order chi connectivity index (χ1) is 18.6. The molecule has 0 bridgehead atoms. The van der Waals surface area contributed by atoms with Gasteiger partial charge >= 0.3 is 8.56 Å². The van der Waals surface area contributed by atoms with E-state index >= 15 is 0 Å². The minimum absolute atomic E-state index is 0.0901. The third-order valence-corrected chi connectivity index (χ3v) is 38.2. The van der Waals surface area contributed by atoms with Crippen molar-refractivity contribution in [1.29, 1.82) is 0 Å². The van der Waals surface area contributed by atoms with Crippen LogP contribution in [-0.2, 0) is 21.2 Å². The average molecular weight is 744 g/mol. The van der Waals surface area contributed by atoms with Crippen LogP contribution in [0.1, 0.15) is 40.5 Å². The molecule has 2 atom stereocenters. The molecular weight excluding hydrogens is 665 g/mol. The van der Waals surface area contributed by atoms with Gasteiger partial charge in [-0.1, -0.05) is 33.0 Å². The first-order valence-corrected chi connectivity index (χ1v) is 42.2. The summed E-state index contributed by atoms with van der Waals surface area (Å²) in [5, 5.41) is -0.326. The first-order valence-electron chi connectivity index (χ1n) is 17.1. The summed E-state index contributed by atoms with van der Waals surface area (Å²) in [6, 6.07) is 4.72. The molecular formula is C30H78O5Si8. The molecule has 0 aliphatic carbocycles. The maximum atomic E-state index is 7.52. The van der Waals surface area contributed by atoms with Crippen molar-refractivity contribution in [2.24, 2.45) is 0 Å². The van der Waals surface area contributed by atoms with Gasteiger partial charge in [0, 0.05) is 5.22 Å². The van der Waals surface area contributed by atoms with E-state index in [1.165, 1.54) is 12.1 Å². The molecule has 0 aromatic heterocycles. The van der Waals surface area contributed by atoms with E-state index < -0.39 is 66.5 Å². The Labute approximate surface area is 279 Å². The summed E-state index contributed by atoms with van der Waals surface area (Å²) in [5.41, 5.74) is 0. The smallest absolute Gasteiger partial charge is 0.311 e. The second-order valence-electron chi connectivity index (χ2n) is 19.0. The molecule has 0 N–H and O–H groups in total. The van der Waals surface area contributed by atoms with Crippen LogP contribution < -0.4 is 0 Å². The molecule has 2 unspecified atom stereocenters. The van der Waals surface area contributed by atoms with Crippen LogP contribution in [0.4, 0.5) is 0 Å². The lowest BCUT2D eigenvalue weighted by molar-refractivity contribution is 0.0754. The molecule has 43 heavy (non-hydrogen) atoms. The summed E-state index contributed by atoms with van der Waals surface area (Å²) in [5.74, 6) is 0. The summed E-state index contributed by atoms with van der Waals surface area (Å²) in [6.07, 6.45) is 2.03. The zero-order valence-corrected chi connectivity index (χ0v) is 41.3. The van der Waals surface area contributed by atoms with Gasteiger partial charge in [-0.3, -0.25) is 0 Å². The highest BCUT2D eigenvalue weighted by atomic mass is 28.5. The quantitative estimate of drug-likeness (QED) is 0.116. The molecule has 0 radical (unpaired) electrons. The molecule has 0 spiro atoms. The van der Waals surface area contributed by atoms with Gasteiger partial charge in [-0.25, -0.2) is 0 Å². The molecule has 0 fully saturated rings. The molecule has 0 aromatic rings. The van der Waals surface area contributed by atoms with Gasteiger partial charge in [0.2, 0.25) is 8.32 Å². The van der Waals surface area contributed by atoms with Crippen molar-refractivity contribution in [1.82, 2.24) is 0 Å². The van der Waals surface area contributed by atoms with E-state index in [2.05, 4.69) is 146 Å². The zero-order chi connectivity index (χ0) is 34.8. The lowest BCUT2D eigenvalue weighted by Crippen LogP contribution is -2.67. The second kappa shape index (κ2) is 15.0. The molecule has 0 rings (SSSR count). The van der Waals surface area contributed by atoms with Gasteiger partial charge in [0.15, 0.2) is 41.6 Å². The molecule has 13 heteroatoms. The van der Waals surface area contributed by atoms with Crippen LogP contribution in [0.15, 0.2) is 0 Å². The topological polar surface area (TPSA) is 46.2 Å². The van der Waals surface area contributed by atoms with E-state index in [0.29, 0.717) is 0 Å². The summed E-state index contributed by atoms with van der Waals surface area (Å²) >= 11 is 0. The predicted octanol–water partition coefficient (Wildman–Crippen LogP) is 11.4. The van der Waals surface area contributed by atoms with E-state index in [-0.39, 0.29) is 10.4 Å². The summed E-state index contributed by atoms with van der Waals surface area (Å²) in [6.45, 7) is 52.1. The molecule has 0 aliphatic heterocycles. The minimum Gasteiger partial charge on any atom is -0.456 e. The van der Waals surface area contributed by atoms with E-state index in [0.717, 1.165) is 24.9 Å². The van der Waals surface area contributed by atoms with Crippen LogP contribution in [0.5, 0.6) is 0 Å². The lowest BCUT2D eigenvalue weighted by atomic mass is 10.3. The first kappa shape index (κ1) is 44.5. The molecule has 0 saturated heterocycles. The molecule has 0 amide bonds. The highest BCUT2D eigenvalue weighted by molar-refractivity contribution is 6.89. The van der Waals surface area contributed by atoms with Crippen molar-refractivity contribution in [2.75, 3.05) is 0 Å². The van der Waals surface area contributed by atoms with E-state index in [9.17, 15) is 0 Å². The normalized spacial score (nSPS) is 18.0. The minimum atomic E-state index is -2.28. The predicted molar refractivity (Wildman–Crippen MR) is 214 cm³/mol. The van der Waals surface area contributed by atoms with Crippen LogP contribution in [0.25, 0.3) is 0 Å². The average Bonchev–Trinajstić information content (AvgIpc) is 2.71. The van der Waals surface area contributed by atoms with Gasteiger partial charge in [0.1, 0.15) is 0 Å². The Kier molecular flexibility index (Phi) is 15.5. The molecule has 0 heterocycles. The fourth-order valence-corrected chi connectivity index (χ4v) is 44.4. The molecule has 260 valence electrons. The number of hydrogen-bond donors (Lipinski definition) is 0. The Bertz CT molecular complexity index is 881. The maximum Gasteiger partial charge on any atom is 0.311 e. The monoisotopic (exact) mass is 742 g/mol. The maximum absolute atomic E-state index is 7.52. The van der Waals surface area contributed by atoms with E-state index in [1.54, 1.807) is 0 Å². The summed E-state index contributed by atoms with van der Waals surface area (Å²) in [4.78, 5) is 0. The molecule has 0 aliphatic rings.